The van der Waals surface area contributed by atoms with E-state index >= 15 is 0 Å². The van der Waals surface area contributed by atoms with Crippen molar-refractivity contribution < 1.29 is 21.6 Å². The van der Waals surface area contributed by atoms with Crippen LogP contribution in [0.5, 0.6) is 0 Å². The average molecular weight is 574 g/mol. The van der Waals surface area contributed by atoms with Crippen LogP contribution in [-0.4, -0.2) is 50.4 Å². The molecule has 0 spiro atoms. The van der Waals surface area contributed by atoms with E-state index in [1.807, 2.05) is 6.92 Å². The van der Waals surface area contributed by atoms with Crippen molar-refractivity contribution in [2.45, 2.75) is 51.1 Å². The Hall–Kier alpha value is -1.08. The molecule has 0 amide bonds. The molecule has 11 heteroatoms. The third-order valence-electron chi connectivity index (χ3n) is 5.69. The lowest BCUT2D eigenvalue weighted by atomic mass is 9.98. The summed E-state index contributed by atoms with van der Waals surface area (Å²) in [6.07, 6.45) is 4.23. The number of rotatable bonds is 6. The van der Waals surface area contributed by atoms with Gasteiger partial charge < -0.3 is 10.6 Å². The largest absolute Gasteiger partial charge is 0.511 e. The fourth-order valence-electron chi connectivity index (χ4n) is 3.98. The third kappa shape index (κ3) is 6.70. The van der Waals surface area contributed by atoms with E-state index in [2.05, 4.69) is 33.8 Å². The number of aliphatic imine (C=N–C) groups is 1. The summed E-state index contributed by atoms with van der Waals surface area (Å²) in [4.78, 5) is 4.62. The van der Waals surface area contributed by atoms with Crippen molar-refractivity contribution in [3.8, 4) is 0 Å². The van der Waals surface area contributed by atoms with Crippen LogP contribution in [0.3, 0.4) is 0 Å². The highest BCUT2D eigenvalue weighted by molar-refractivity contribution is 14.0. The number of piperidine rings is 1. The van der Waals surface area contributed by atoms with E-state index < -0.39 is 15.5 Å². The van der Waals surface area contributed by atoms with Crippen LogP contribution in [0.4, 0.5) is 13.2 Å². The number of aryl methyl sites for hydroxylation is 2. The molecule has 0 atom stereocenters. The highest BCUT2D eigenvalue weighted by Crippen LogP contribution is 2.30. The summed E-state index contributed by atoms with van der Waals surface area (Å²) in [5.41, 5.74) is -1.26. The highest BCUT2D eigenvalue weighted by atomic mass is 127. The zero-order chi connectivity index (χ0) is 21.8. The molecule has 31 heavy (non-hydrogen) atoms. The SMILES string of the molecule is CCNC(=NCc1ccc2c(c1)CCC2)NCC1CCN(S(=O)(=O)C(F)(F)F)CC1.I. The van der Waals surface area contributed by atoms with E-state index in [0.717, 1.165) is 18.4 Å². The second-order valence-electron chi connectivity index (χ2n) is 7.83. The Bertz CT molecular complexity index is 870. The summed E-state index contributed by atoms with van der Waals surface area (Å²) in [5, 5.41) is 6.43. The number of sulfonamides is 1. The smallest absolute Gasteiger partial charge is 0.357 e. The molecule has 0 aromatic heterocycles. The Morgan fingerprint density at radius 3 is 2.48 bits per heavy atom. The molecule has 1 aliphatic carbocycles. The Morgan fingerprint density at radius 2 is 1.84 bits per heavy atom. The van der Waals surface area contributed by atoms with Crippen LogP contribution < -0.4 is 10.6 Å². The molecule has 1 aliphatic heterocycles. The minimum atomic E-state index is -5.24. The molecular formula is C20H30F3IN4O2S. The van der Waals surface area contributed by atoms with Gasteiger partial charge in [0.25, 0.3) is 0 Å². The molecule has 1 saturated heterocycles. The van der Waals surface area contributed by atoms with Crippen LogP contribution >= 0.6 is 24.0 Å². The van der Waals surface area contributed by atoms with Gasteiger partial charge in [0.15, 0.2) is 5.96 Å². The molecule has 2 aliphatic rings. The second-order valence-corrected chi connectivity index (χ2v) is 9.76. The Labute approximate surface area is 199 Å². The fraction of sp³-hybridized carbons (Fsp3) is 0.650. The molecule has 1 aromatic rings. The van der Waals surface area contributed by atoms with Gasteiger partial charge in [-0.1, -0.05) is 18.2 Å². The van der Waals surface area contributed by atoms with Crippen molar-refractivity contribution in [2.24, 2.45) is 10.9 Å². The maximum Gasteiger partial charge on any atom is 0.511 e. The summed E-state index contributed by atoms with van der Waals surface area (Å²) in [6, 6.07) is 6.50. The highest BCUT2D eigenvalue weighted by Gasteiger charge is 2.50. The van der Waals surface area contributed by atoms with Crippen molar-refractivity contribution in [3.63, 3.8) is 0 Å². The maximum atomic E-state index is 12.7. The topological polar surface area (TPSA) is 73.8 Å². The number of guanidine groups is 1. The van der Waals surface area contributed by atoms with E-state index in [1.165, 1.54) is 17.5 Å². The predicted octanol–water partition coefficient (Wildman–Crippen LogP) is 3.41. The zero-order valence-electron chi connectivity index (χ0n) is 17.5. The molecule has 0 radical (unpaired) electrons. The molecule has 0 unspecified atom stereocenters. The minimum Gasteiger partial charge on any atom is -0.357 e. The number of nitrogens with zero attached hydrogens (tertiary/aromatic N) is 2. The quantitative estimate of drug-likeness (QED) is 0.311. The van der Waals surface area contributed by atoms with Gasteiger partial charge in [-0.05, 0) is 61.6 Å². The summed E-state index contributed by atoms with van der Waals surface area (Å²) in [6.45, 7) is 3.51. The van der Waals surface area contributed by atoms with E-state index in [4.69, 9.17) is 0 Å². The number of hydrogen-bond donors (Lipinski definition) is 2. The van der Waals surface area contributed by atoms with Crippen molar-refractivity contribution in [1.29, 1.82) is 0 Å². The number of nitrogens with one attached hydrogen (secondary N) is 2. The number of alkyl halides is 3. The lowest BCUT2D eigenvalue weighted by Gasteiger charge is -2.31. The van der Waals surface area contributed by atoms with Crippen molar-refractivity contribution in [1.82, 2.24) is 14.9 Å². The van der Waals surface area contributed by atoms with E-state index in [-0.39, 0.29) is 43.0 Å². The summed E-state index contributed by atoms with van der Waals surface area (Å²) < 4.78 is 61.6. The van der Waals surface area contributed by atoms with E-state index in [0.29, 0.717) is 42.7 Å². The molecular weight excluding hydrogens is 544 g/mol. The van der Waals surface area contributed by atoms with Crippen LogP contribution in [0.15, 0.2) is 23.2 Å². The van der Waals surface area contributed by atoms with Gasteiger partial charge in [0.1, 0.15) is 0 Å². The van der Waals surface area contributed by atoms with Gasteiger partial charge in [-0.15, -0.1) is 24.0 Å². The lowest BCUT2D eigenvalue weighted by molar-refractivity contribution is -0.0496. The van der Waals surface area contributed by atoms with Gasteiger partial charge in [0.2, 0.25) is 0 Å². The first-order chi connectivity index (χ1) is 14.2. The van der Waals surface area contributed by atoms with Gasteiger partial charge >= 0.3 is 15.5 Å². The lowest BCUT2D eigenvalue weighted by Crippen LogP contribution is -2.47. The van der Waals surface area contributed by atoms with Gasteiger partial charge in [-0.2, -0.15) is 17.5 Å². The molecule has 0 bridgehead atoms. The van der Waals surface area contributed by atoms with Crippen molar-refractivity contribution >= 4 is 40.0 Å². The molecule has 0 saturated carbocycles. The molecule has 1 heterocycles. The molecule has 1 fully saturated rings. The van der Waals surface area contributed by atoms with Gasteiger partial charge in [0.05, 0.1) is 6.54 Å². The second kappa shape index (κ2) is 11.2. The number of fused-ring (bicyclic) bond motifs is 1. The van der Waals surface area contributed by atoms with Crippen LogP contribution in [0, 0.1) is 5.92 Å². The first-order valence-electron chi connectivity index (χ1n) is 10.4. The number of hydrogen-bond acceptors (Lipinski definition) is 3. The first-order valence-corrected chi connectivity index (χ1v) is 11.8. The van der Waals surface area contributed by atoms with Gasteiger partial charge in [0, 0.05) is 26.2 Å². The van der Waals surface area contributed by atoms with Crippen LogP contribution in [0.25, 0.3) is 0 Å². The molecule has 1 aromatic carbocycles. The summed E-state index contributed by atoms with van der Waals surface area (Å²) in [5.74, 6) is 0.747. The molecule has 176 valence electrons. The standard InChI is InChI=1S/C20H29F3N4O2S.HI/c1-2-24-19(26-14-16-6-7-17-4-3-5-18(17)12-16)25-13-15-8-10-27(11-9-15)30(28,29)20(21,22)23;/h6-7,12,15H,2-5,8-11,13-14H2,1H3,(H2,24,25,26);1H. The summed E-state index contributed by atoms with van der Waals surface area (Å²) >= 11 is 0. The predicted molar refractivity (Wildman–Crippen MR) is 126 cm³/mol. The normalized spacial score (nSPS) is 18.4. The van der Waals surface area contributed by atoms with Gasteiger partial charge in [-0.3, -0.25) is 0 Å². The Balaban J connectivity index is 0.00000341. The van der Waals surface area contributed by atoms with Crippen LogP contribution in [0.1, 0.15) is 42.9 Å². The van der Waals surface area contributed by atoms with Crippen molar-refractivity contribution in [2.75, 3.05) is 26.2 Å². The number of halogens is 4. The monoisotopic (exact) mass is 574 g/mol. The number of benzene rings is 1. The van der Waals surface area contributed by atoms with Gasteiger partial charge in [-0.25, -0.2) is 13.4 Å². The average Bonchev–Trinajstić information content (AvgIpc) is 3.17. The Kier molecular flexibility index (Phi) is 9.43. The van der Waals surface area contributed by atoms with E-state index in [9.17, 15) is 21.6 Å². The first kappa shape index (κ1) is 26.2. The van der Waals surface area contributed by atoms with E-state index in [1.54, 1.807) is 0 Å². The minimum absolute atomic E-state index is 0. The molecule has 3 rings (SSSR count). The molecule has 2 N–H and O–H groups in total. The maximum absolute atomic E-state index is 12.7. The van der Waals surface area contributed by atoms with Crippen LogP contribution in [-0.2, 0) is 29.4 Å². The molecule has 6 nitrogen and oxygen atoms in total. The summed E-state index contributed by atoms with van der Waals surface area (Å²) in [7, 11) is -5.23. The zero-order valence-corrected chi connectivity index (χ0v) is 20.7. The fourth-order valence-corrected chi connectivity index (χ4v) is 4.96. The van der Waals surface area contributed by atoms with Crippen molar-refractivity contribution in [3.05, 3.63) is 34.9 Å². The third-order valence-corrected chi connectivity index (χ3v) is 7.32. The van der Waals surface area contributed by atoms with Crippen LogP contribution in [0.2, 0.25) is 0 Å². The Morgan fingerprint density at radius 1 is 1.16 bits per heavy atom.